The second-order valence-corrected chi connectivity index (χ2v) is 6.28. The fraction of sp³-hybridized carbons (Fsp3) is 0.417. The molecule has 2 aromatic rings. The summed E-state index contributed by atoms with van der Waals surface area (Å²) in [5.41, 5.74) is 0. The number of hydrogen-bond donors (Lipinski definition) is 1. The Kier molecular flexibility index (Phi) is 4.60. The van der Waals surface area contributed by atoms with Crippen molar-refractivity contribution < 1.29 is 9.90 Å². The number of thioether (sulfide) groups is 1. The number of carbonyl (C=O) groups is 1. The molecule has 0 saturated carbocycles. The highest BCUT2D eigenvalue weighted by Gasteiger charge is 2.15. The molecule has 0 radical (unpaired) electrons. The standard InChI is InChI=1S/C12H15N3O2S2/c1-3-6-15-11(9-5-4-8(2)19-9)13-14-12(15)18-7-10(16)17/h4-5H,3,6-7H2,1-2H3,(H,16,17). The third-order valence-electron chi connectivity index (χ3n) is 2.45. The molecule has 2 heterocycles. The predicted molar refractivity (Wildman–Crippen MR) is 76.7 cm³/mol. The maximum absolute atomic E-state index is 10.6. The van der Waals surface area contributed by atoms with Gasteiger partial charge in [0.1, 0.15) is 0 Å². The topological polar surface area (TPSA) is 68.0 Å². The Morgan fingerprint density at radius 1 is 1.47 bits per heavy atom. The molecule has 0 spiro atoms. The first kappa shape index (κ1) is 14.1. The van der Waals surface area contributed by atoms with Crippen LogP contribution in [0.1, 0.15) is 18.2 Å². The van der Waals surface area contributed by atoms with Crippen LogP contribution in [0.25, 0.3) is 10.7 Å². The SMILES string of the molecule is CCCn1c(SCC(=O)O)nnc1-c1ccc(C)s1. The molecule has 2 rings (SSSR count). The van der Waals surface area contributed by atoms with Gasteiger partial charge in [-0.2, -0.15) is 0 Å². The van der Waals surface area contributed by atoms with Crippen LogP contribution in [0.4, 0.5) is 0 Å². The van der Waals surface area contributed by atoms with E-state index in [0.29, 0.717) is 5.16 Å². The van der Waals surface area contributed by atoms with E-state index in [1.807, 2.05) is 10.6 Å². The summed E-state index contributed by atoms with van der Waals surface area (Å²) in [4.78, 5) is 12.9. The molecule has 0 aliphatic rings. The lowest BCUT2D eigenvalue weighted by Gasteiger charge is -2.06. The van der Waals surface area contributed by atoms with Crippen LogP contribution >= 0.6 is 23.1 Å². The number of aromatic nitrogens is 3. The van der Waals surface area contributed by atoms with Crippen molar-refractivity contribution in [1.82, 2.24) is 14.8 Å². The Balaban J connectivity index is 2.31. The maximum atomic E-state index is 10.6. The van der Waals surface area contributed by atoms with E-state index in [9.17, 15) is 4.79 Å². The Morgan fingerprint density at radius 2 is 2.26 bits per heavy atom. The summed E-state index contributed by atoms with van der Waals surface area (Å²) >= 11 is 2.88. The normalized spacial score (nSPS) is 10.8. The molecule has 0 aromatic carbocycles. The second kappa shape index (κ2) is 6.21. The van der Waals surface area contributed by atoms with Gasteiger partial charge in [-0.15, -0.1) is 21.5 Å². The van der Waals surface area contributed by atoms with Gasteiger partial charge < -0.3 is 9.67 Å². The average Bonchev–Trinajstić information content (AvgIpc) is 2.94. The molecular weight excluding hydrogens is 282 g/mol. The van der Waals surface area contributed by atoms with Gasteiger partial charge in [0.15, 0.2) is 11.0 Å². The molecule has 0 aliphatic carbocycles. The van der Waals surface area contributed by atoms with Crippen molar-refractivity contribution in [3.05, 3.63) is 17.0 Å². The highest BCUT2D eigenvalue weighted by Crippen LogP contribution is 2.29. The van der Waals surface area contributed by atoms with Crippen molar-refractivity contribution in [3.8, 4) is 10.7 Å². The zero-order valence-corrected chi connectivity index (χ0v) is 12.4. The fourth-order valence-corrected chi connectivity index (χ4v) is 3.23. The third-order valence-corrected chi connectivity index (χ3v) is 4.40. The van der Waals surface area contributed by atoms with Gasteiger partial charge in [-0.25, -0.2) is 0 Å². The minimum Gasteiger partial charge on any atom is -0.481 e. The molecule has 102 valence electrons. The largest absolute Gasteiger partial charge is 0.481 e. The molecule has 0 amide bonds. The number of hydrogen-bond acceptors (Lipinski definition) is 5. The van der Waals surface area contributed by atoms with Gasteiger partial charge in [0.05, 0.1) is 10.6 Å². The summed E-state index contributed by atoms with van der Waals surface area (Å²) in [6, 6.07) is 4.08. The predicted octanol–water partition coefficient (Wildman–Crippen LogP) is 2.90. The van der Waals surface area contributed by atoms with Crippen LogP contribution in [0.3, 0.4) is 0 Å². The number of nitrogens with zero attached hydrogens (tertiary/aromatic N) is 3. The van der Waals surface area contributed by atoms with Crippen molar-refractivity contribution in [2.45, 2.75) is 32.0 Å². The number of carboxylic acid groups (broad SMARTS) is 1. The van der Waals surface area contributed by atoms with Crippen LogP contribution in [0, 0.1) is 6.92 Å². The molecule has 2 aromatic heterocycles. The van der Waals surface area contributed by atoms with E-state index in [0.717, 1.165) is 23.7 Å². The van der Waals surface area contributed by atoms with Crippen LogP contribution in [0.2, 0.25) is 0 Å². The maximum Gasteiger partial charge on any atom is 0.313 e. The molecule has 0 unspecified atom stereocenters. The van der Waals surface area contributed by atoms with E-state index >= 15 is 0 Å². The molecule has 19 heavy (non-hydrogen) atoms. The molecule has 1 N–H and O–H groups in total. The van der Waals surface area contributed by atoms with Gasteiger partial charge in [-0.1, -0.05) is 18.7 Å². The minimum atomic E-state index is -0.843. The van der Waals surface area contributed by atoms with Crippen molar-refractivity contribution in [2.24, 2.45) is 0 Å². The smallest absolute Gasteiger partial charge is 0.313 e. The Labute approximate surface area is 119 Å². The summed E-state index contributed by atoms with van der Waals surface area (Å²) in [7, 11) is 0. The van der Waals surface area contributed by atoms with Gasteiger partial charge in [-0.3, -0.25) is 4.79 Å². The van der Waals surface area contributed by atoms with Gasteiger partial charge >= 0.3 is 5.97 Å². The number of carboxylic acids is 1. The lowest BCUT2D eigenvalue weighted by atomic mass is 10.4. The Hall–Kier alpha value is -1.34. The van der Waals surface area contributed by atoms with Crippen molar-refractivity contribution >= 4 is 29.1 Å². The number of aliphatic carboxylic acids is 1. The summed E-state index contributed by atoms with van der Waals surface area (Å²) in [5, 5.41) is 17.7. The Bertz CT molecular complexity index is 577. The Morgan fingerprint density at radius 3 is 2.84 bits per heavy atom. The van der Waals surface area contributed by atoms with E-state index in [1.165, 1.54) is 16.6 Å². The van der Waals surface area contributed by atoms with Crippen LogP contribution < -0.4 is 0 Å². The summed E-state index contributed by atoms with van der Waals surface area (Å²) in [5.74, 6) is -0.0110. The molecule has 0 aliphatic heterocycles. The zero-order chi connectivity index (χ0) is 13.8. The first-order chi connectivity index (χ1) is 9.11. The van der Waals surface area contributed by atoms with Crippen LogP contribution in [-0.4, -0.2) is 31.6 Å². The first-order valence-corrected chi connectivity index (χ1v) is 7.76. The van der Waals surface area contributed by atoms with E-state index in [-0.39, 0.29) is 5.75 Å². The van der Waals surface area contributed by atoms with Gasteiger partial charge in [-0.05, 0) is 25.5 Å². The van der Waals surface area contributed by atoms with Gasteiger partial charge in [0.2, 0.25) is 0 Å². The summed E-state index contributed by atoms with van der Waals surface area (Å²) < 4.78 is 2.00. The monoisotopic (exact) mass is 297 g/mol. The van der Waals surface area contributed by atoms with Crippen molar-refractivity contribution in [3.63, 3.8) is 0 Å². The third kappa shape index (κ3) is 3.36. The lowest BCUT2D eigenvalue weighted by Crippen LogP contribution is -2.04. The molecule has 5 nitrogen and oxygen atoms in total. The second-order valence-electron chi connectivity index (χ2n) is 4.05. The average molecular weight is 297 g/mol. The highest BCUT2D eigenvalue weighted by molar-refractivity contribution is 7.99. The molecule has 0 saturated heterocycles. The molecule has 7 heteroatoms. The number of rotatable bonds is 6. The highest BCUT2D eigenvalue weighted by atomic mass is 32.2. The molecule has 0 fully saturated rings. The van der Waals surface area contributed by atoms with E-state index in [2.05, 4.69) is 30.1 Å². The first-order valence-electron chi connectivity index (χ1n) is 5.96. The van der Waals surface area contributed by atoms with E-state index in [4.69, 9.17) is 5.11 Å². The number of thiophene rings is 1. The minimum absolute atomic E-state index is 0.00527. The van der Waals surface area contributed by atoms with E-state index < -0.39 is 5.97 Å². The van der Waals surface area contributed by atoms with Crippen molar-refractivity contribution in [2.75, 3.05) is 5.75 Å². The quantitative estimate of drug-likeness (QED) is 0.830. The van der Waals surface area contributed by atoms with Crippen LogP contribution in [0.5, 0.6) is 0 Å². The van der Waals surface area contributed by atoms with Gasteiger partial charge in [0.25, 0.3) is 0 Å². The zero-order valence-electron chi connectivity index (χ0n) is 10.8. The van der Waals surface area contributed by atoms with Crippen LogP contribution in [0.15, 0.2) is 17.3 Å². The molecular formula is C12H15N3O2S2. The lowest BCUT2D eigenvalue weighted by molar-refractivity contribution is -0.133. The summed E-state index contributed by atoms with van der Waals surface area (Å²) in [6.07, 6.45) is 0.954. The molecule has 0 bridgehead atoms. The number of aryl methyl sites for hydroxylation is 1. The van der Waals surface area contributed by atoms with Crippen molar-refractivity contribution in [1.29, 1.82) is 0 Å². The van der Waals surface area contributed by atoms with Gasteiger partial charge in [0, 0.05) is 11.4 Å². The van der Waals surface area contributed by atoms with E-state index in [1.54, 1.807) is 11.3 Å². The fourth-order valence-electron chi connectivity index (χ4n) is 1.68. The van der Waals surface area contributed by atoms with Crippen LogP contribution in [-0.2, 0) is 11.3 Å². The molecule has 0 atom stereocenters. The summed E-state index contributed by atoms with van der Waals surface area (Å²) in [6.45, 7) is 4.92.